The van der Waals surface area contributed by atoms with Crippen LogP contribution in [0, 0.1) is 5.82 Å². The predicted molar refractivity (Wildman–Crippen MR) is 63.9 cm³/mol. The van der Waals surface area contributed by atoms with Gasteiger partial charge in [0.15, 0.2) is 5.83 Å². The Hall–Kier alpha value is -1.71. The van der Waals surface area contributed by atoms with Crippen molar-refractivity contribution in [3.63, 3.8) is 0 Å². The maximum Gasteiger partial charge on any atom is 0.159 e. The van der Waals surface area contributed by atoms with Crippen LogP contribution in [0.3, 0.4) is 0 Å². The lowest BCUT2D eigenvalue weighted by Crippen LogP contribution is -1.94. The van der Waals surface area contributed by atoms with Gasteiger partial charge in [0.2, 0.25) is 0 Å². The first-order valence-electron chi connectivity index (χ1n) is 5.02. The molecule has 0 saturated heterocycles. The van der Waals surface area contributed by atoms with Crippen LogP contribution in [0.2, 0.25) is 0 Å². The Morgan fingerprint density at radius 3 is 2.19 bits per heavy atom. The van der Waals surface area contributed by atoms with E-state index in [0.717, 1.165) is 6.20 Å². The quantitative estimate of drug-likeness (QED) is 0.767. The molecule has 0 unspecified atom stereocenters. The van der Waals surface area contributed by atoms with Crippen molar-refractivity contribution in [1.29, 1.82) is 0 Å². The van der Waals surface area contributed by atoms with E-state index >= 15 is 0 Å². The van der Waals surface area contributed by atoms with Gasteiger partial charge in [-0.1, -0.05) is 13.8 Å². The molecule has 0 aromatic heterocycles. The van der Waals surface area contributed by atoms with Crippen molar-refractivity contribution in [2.24, 2.45) is 10.7 Å². The smallest absolute Gasteiger partial charge is 0.159 e. The van der Waals surface area contributed by atoms with Crippen LogP contribution in [0.4, 0.5) is 14.5 Å². The van der Waals surface area contributed by atoms with Crippen LogP contribution < -0.4 is 5.73 Å². The average molecular weight is 226 g/mol. The summed E-state index contributed by atoms with van der Waals surface area (Å²) < 4.78 is 25.3. The van der Waals surface area contributed by atoms with Gasteiger partial charge in [0.1, 0.15) is 5.82 Å². The van der Waals surface area contributed by atoms with E-state index < -0.39 is 5.83 Å². The average Bonchev–Trinajstić information content (AvgIpc) is 2.33. The van der Waals surface area contributed by atoms with Crippen LogP contribution in [0.15, 0.2) is 41.3 Å². The van der Waals surface area contributed by atoms with E-state index in [1.165, 1.54) is 31.2 Å². The Labute approximate surface area is 94.5 Å². The SMILES string of the molecule is CC.CC(=Nc1ccc(F)cc1)/C(F)=C\N. The van der Waals surface area contributed by atoms with E-state index in [1.54, 1.807) is 0 Å². The van der Waals surface area contributed by atoms with Crippen molar-refractivity contribution in [2.45, 2.75) is 20.8 Å². The molecule has 2 N–H and O–H groups in total. The molecule has 16 heavy (non-hydrogen) atoms. The van der Waals surface area contributed by atoms with E-state index in [9.17, 15) is 8.78 Å². The largest absolute Gasteiger partial charge is 0.402 e. The molecular formula is C12H16F2N2. The number of hydrogen-bond acceptors (Lipinski definition) is 2. The van der Waals surface area contributed by atoms with Gasteiger partial charge in [0.05, 0.1) is 11.4 Å². The van der Waals surface area contributed by atoms with E-state index in [4.69, 9.17) is 5.73 Å². The van der Waals surface area contributed by atoms with E-state index in [2.05, 4.69) is 4.99 Å². The van der Waals surface area contributed by atoms with Gasteiger partial charge >= 0.3 is 0 Å². The monoisotopic (exact) mass is 226 g/mol. The molecule has 4 heteroatoms. The zero-order chi connectivity index (χ0) is 12.6. The third-order valence-electron chi connectivity index (χ3n) is 1.62. The molecule has 0 fully saturated rings. The molecule has 2 nitrogen and oxygen atoms in total. The third kappa shape index (κ3) is 4.68. The molecule has 0 aliphatic heterocycles. The lowest BCUT2D eigenvalue weighted by atomic mass is 10.3. The second-order valence-electron chi connectivity index (χ2n) is 2.69. The normalized spacial score (nSPS) is 11.8. The lowest BCUT2D eigenvalue weighted by molar-refractivity contribution is 0.628. The third-order valence-corrected chi connectivity index (χ3v) is 1.62. The van der Waals surface area contributed by atoms with E-state index in [-0.39, 0.29) is 11.5 Å². The minimum Gasteiger partial charge on any atom is -0.402 e. The fourth-order valence-electron chi connectivity index (χ4n) is 0.883. The summed E-state index contributed by atoms with van der Waals surface area (Å²) in [6.07, 6.45) is 0.836. The van der Waals surface area contributed by atoms with Crippen LogP contribution in [0.5, 0.6) is 0 Å². The predicted octanol–water partition coefficient (Wildman–Crippen LogP) is 3.71. The number of aliphatic imine (C=N–C) groups is 1. The molecule has 0 saturated carbocycles. The Balaban J connectivity index is 0.00000106. The molecule has 0 atom stereocenters. The molecule has 1 rings (SSSR count). The summed E-state index contributed by atoms with van der Waals surface area (Å²) >= 11 is 0. The Kier molecular flexibility index (Phi) is 6.76. The minimum atomic E-state index is -0.589. The van der Waals surface area contributed by atoms with Crippen LogP contribution in [0.25, 0.3) is 0 Å². The van der Waals surface area contributed by atoms with E-state index in [0.29, 0.717) is 5.69 Å². The molecule has 1 aromatic rings. The van der Waals surface area contributed by atoms with Gasteiger partial charge < -0.3 is 5.73 Å². The van der Waals surface area contributed by atoms with Crippen molar-refractivity contribution in [1.82, 2.24) is 0 Å². The molecule has 0 heterocycles. The standard InChI is InChI=1S/C10H10F2N2.C2H6/c1-7(10(12)6-13)14-9-4-2-8(11)3-5-9;1-2/h2-6H,13H2,1H3;1-2H3/b10-6+,14-7?;. The highest BCUT2D eigenvalue weighted by Gasteiger charge is 1.98. The summed E-state index contributed by atoms with van der Waals surface area (Å²) in [4.78, 5) is 3.90. The summed E-state index contributed by atoms with van der Waals surface area (Å²) in [6, 6.07) is 5.44. The molecule has 0 aliphatic carbocycles. The Bertz CT molecular complexity index is 367. The first kappa shape index (κ1) is 14.3. The highest BCUT2D eigenvalue weighted by molar-refractivity contribution is 5.97. The minimum absolute atomic E-state index is 0.166. The lowest BCUT2D eigenvalue weighted by Gasteiger charge is -1.97. The second kappa shape index (κ2) is 7.56. The number of allylic oxidation sites excluding steroid dienone is 1. The first-order chi connectivity index (χ1) is 7.63. The number of nitrogens with two attached hydrogens (primary N) is 1. The molecule has 0 spiro atoms. The highest BCUT2D eigenvalue weighted by atomic mass is 19.1. The number of hydrogen-bond donors (Lipinski definition) is 1. The fourth-order valence-corrected chi connectivity index (χ4v) is 0.883. The van der Waals surface area contributed by atoms with Crippen molar-refractivity contribution in [3.05, 3.63) is 42.1 Å². The topological polar surface area (TPSA) is 38.4 Å². The van der Waals surface area contributed by atoms with Gasteiger partial charge in [0, 0.05) is 6.20 Å². The van der Waals surface area contributed by atoms with Crippen molar-refractivity contribution in [3.8, 4) is 0 Å². The summed E-state index contributed by atoms with van der Waals surface area (Å²) in [6.45, 7) is 5.49. The zero-order valence-corrected chi connectivity index (χ0v) is 9.67. The van der Waals surface area contributed by atoms with Crippen molar-refractivity contribution in [2.75, 3.05) is 0 Å². The van der Waals surface area contributed by atoms with Gasteiger partial charge in [-0.3, -0.25) is 4.99 Å². The van der Waals surface area contributed by atoms with Crippen molar-refractivity contribution >= 4 is 11.4 Å². The number of nitrogens with zero attached hydrogens (tertiary/aromatic N) is 1. The van der Waals surface area contributed by atoms with E-state index in [1.807, 2.05) is 13.8 Å². The Morgan fingerprint density at radius 1 is 1.25 bits per heavy atom. The van der Waals surface area contributed by atoms with Crippen LogP contribution in [-0.2, 0) is 0 Å². The highest BCUT2D eigenvalue weighted by Crippen LogP contribution is 2.14. The summed E-state index contributed by atoms with van der Waals surface area (Å²) in [7, 11) is 0. The molecular weight excluding hydrogens is 210 g/mol. The molecule has 0 amide bonds. The maximum absolute atomic E-state index is 12.8. The molecule has 1 aromatic carbocycles. The van der Waals surface area contributed by atoms with Crippen LogP contribution in [0.1, 0.15) is 20.8 Å². The van der Waals surface area contributed by atoms with Gasteiger partial charge in [-0.25, -0.2) is 8.78 Å². The zero-order valence-electron chi connectivity index (χ0n) is 9.67. The summed E-state index contributed by atoms with van der Waals surface area (Å²) in [5.41, 5.74) is 5.63. The number of benzene rings is 1. The first-order valence-corrected chi connectivity index (χ1v) is 5.02. The number of halogens is 2. The van der Waals surface area contributed by atoms with Crippen LogP contribution >= 0.6 is 0 Å². The maximum atomic E-state index is 12.8. The van der Waals surface area contributed by atoms with Gasteiger partial charge in [-0.15, -0.1) is 0 Å². The van der Waals surface area contributed by atoms with Crippen LogP contribution in [-0.4, -0.2) is 5.71 Å². The summed E-state index contributed by atoms with van der Waals surface area (Å²) in [5.74, 6) is -0.939. The Morgan fingerprint density at radius 2 is 1.75 bits per heavy atom. The number of rotatable bonds is 2. The molecule has 88 valence electrons. The second-order valence-corrected chi connectivity index (χ2v) is 2.69. The molecule has 0 aliphatic rings. The molecule has 0 bridgehead atoms. The fraction of sp³-hybridized carbons (Fsp3) is 0.250. The molecule has 0 radical (unpaired) electrons. The van der Waals surface area contributed by atoms with Crippen molar-refractivity contribution < 1.29 is 8.78 Å². The van der Waals surface area contributed by atoms with Gasteiger partial charge in [-0.2, -0.15) is 0 Å². The van der Waals surface area contributed by atoms with Gasteiger partial charge in [-0.05, 0) is 31.2 Å². The van der Waals surface area contributed by atoms with Gasteiger partial charge in [0.25, 0.3) is 0 Å². The summed E-state index contributed by atoms with van der Waals surface area (Å²) in [5, 5.41) is 0.